The molecule has 1 amide bonds. The van der Waals surface area contributed by atoms with Gasteiger partial charge in [0, 0.05) is 24.2 Å². The fourth-order valence-corrected chi connectivity index (χ4v) is 2.67. The molecule has 0 aliphatic carbocycles. The lowest BCUT2D eigenvalue weighted by atomic mass is 10.0. The zero-order valence-corrected chi connectivity index (χ0v) is 12.3. The van der Waals surface area contributed by atoms with E-state index in [0.29, 0.717) is 12.5 Å². The predicted molar refractivity (Wildman–Crippen MR) is 81.4 cm³/mol. The quantitative estimate of drug-likeness (QED) is 0.837. The van der Waals surface area contributed by atoms with Crippen LogP contribution in [0, 0.1) is 24.7 Å². The summed E-state index contributed by atoms with van der Waals surface area (Å²) in [5, 5.41) is 0. The van der Waals surface area contributed by atoms with Gasteiger partial charge in [-0.15, -0.1) is 0 Å². The number of nitrogens with zero attached hydrogens (tertiary/aromatic N) is 1. The van der Waals surface area contributed by atoms with Crippen molar-refractivity contribution in [1.29, 1.82) is 0 Å². The summed E-state index contributed by atoms with van der Waals surface area (Å²) >= 11 is 0. The maximum atomic E-state index is 12.6. The van der Waals surface area contributed by atoms with Crippen molar-refractivity contribution in [1.82, 2.24) is 4.90 Å². The fraction of sp³-hybridized carbons (Fsp3) is 0.471. The Morgan fingerprint density at radius 1 is 1.50 bits per heavy atom. The molecule has 1 aromatic rings. The van der Waals surface area contributed by atoms with Gasteiger partial charge in [-0.3, -0.25) is 4.79 Å². The zero-order valence-electron chi connectivity index (χ0n) is 12.3. The van der Waals surface area contributed by atoms with E-state index >= 15 is 0 Å². The molecule has 1 aliphatic heterocycles. The van der Waals surface area contributed by atoms with Gasteiger partial charge in [0.05, 0.1) is 6.54 Å². The number of nitrogens with two attached hydrogens (primary N) is 1. The molecule has 1 aromatic carbocycles. The van der Waals surface area contributed by atoms with Crippen LogP contribution in [-0.4, -0.2) is 30.4 Å². The van der Waals surface area contributed by atoms with Crippen molar-refractivity contribution in [3.63, 3.8) is 0 Å². The lowest BCUT2D eigenvalue weighted by Gasteiger charge is -2.18. The van der Waals surface area contributed by atoms with Gasteiger partial charge in [0.15, 0.2) is 0 Å². The molecule has 1 heterocycles. The molecule has 20 heavy (non-hydrogen) atoms. The molecular formula is C17H22N2O. The van der Waals surface area contributed by atoms with Crippen LogP contribution in [0.3, 0.4) is 0 Å². The van der Waals surface area contributed by atoms with Crippen LogP contribution in [0.1, 0.15) is 41.3 Å². The maximum Gasteiger partial charge on any atom is 0.254 e. The van der Waals surface area contributed by atoms with Gasteiger partial charge >= 0.3 is 0 Å². The highest BCUT2D eigenvalue weighted by atomic mass is 16.2. The van der Waals surface area contributed by atoms with Crippen LogP contribution >= 0.6 is 0 Å². The number of likely N-dealkylation sites (tertiary alicyclic amines) is 1. The lowest BCUT2D eigenvalue weighted by molar-refractivity contribution is 0.0786. The van der Waals surface area contributed by atoms with Crippen molar-refractivity contribution in [2.75, 3.05) is 19.6 Å². The smallest absolute Gasteiger partial charge is 0.254 e. The van der Waals surface area contributed by atoms with Gasteiger partial charge in [0.1, 0.15) is 0 Å². The number of carbonyl (C=O) groups is 1. The third-order valence-corrected chi connectivity index (χ3v) is 4.04. The average molecular weight is 270 g/mol. The standard InChI is InChI=1S/C17H22N2O/c1-3-14-9-11-19(12-14)17(20)16-8-4-6-15(13(16)2)7-5-10-18/h4,6,8,14H,3,9-12,18H2,1-2H3. The van der Waals surface area contributed by atoms with Crippen LogP contribution in [-0.2, 0) is 0 Å². The molecule has 3 nitrogen and oxygen atoms in total. The van der Waals surface area contributed by atoms with Crippen LogP contribution in [0.4, 0.5) is 0 Å². The van der Waals surface area contributed by atoms with Gasteiger partial charge in [-0.1, -0.05) is 31.3 Å². The molecule has 0 aromatic heterocycles. The molecule has 1 aliphatic rings. The normalized spacial score (nSPS) is 17.8. The molecule has 2 N–H and O–H groups in total. The third kappa shape index (κ3) is 3.02. The lowest BCUT2D eigenvalue weighted by Crippen LogP contribution is -2.29. The minimum absolute atomic E-state index is 0.134. The van der Waals surface area contributed by atoms with Crippen molar-refractivity contribution < 1.29 is 4.79 Å². The van der Waals surface area contributed by atoms with Crippen LogP contribution < -0.4 is 5.73 Å². The molecule has 0 spiro atoms. The summed E-state index contributed by atoms with van der Waals surface area (Å²) in [5.74, 6) is 6.67. The highest BCUT2D eigenvalue weighted by Crippen LogP contribution is 2.23. The second-order valence-corrected chi connectivity index (χ2v) is 5.30. The van der Waals surface area contributed by atoms with E-state index in [4.69, 9.17) is 5.73 Å². The number of carbonyl (C=O) groups excluding carboxylic acids is 1. The van der Waals surface area contributed by atoms with Crippen LogP contribution in [0.25, 0.3) is 0 Å². The first-order valence-electron chi connectivity index (χ1n) is 7.25. The Labute approximate surface area is 121 Å². The Balaban J connectivity index is 2.22. The van der Waals surface area contributed by atoms with Gasteiger partial charge in [0.25, 0.3) is 5.91 Å². The van der Waals surface area contributed by atoms with E-state index in [0.717, 1.165) is 42.6 Å². The summed E-state index contributed by atoms with van der Waals surface area (Å²) in [7, 11) is 0. The maximum absolute atomic E-state index is 12.6. The Morgan fingerprint density at radius 2 is 2.30 bits per heavy atom. The number of hydrogen-bond acceptors (Lipinski definition) is 2. The van der Waals surface area contributed by atoms with Gasteiger partial charge in [0.2, 0.25) is 0 Å². The Morgan fingerprint density at radius 3 is 2.95 bits per heavy atom. The van der Waals surface area contributed by atoms with Crippen molar-refractivity contribution in [3.05, 3.63) is 34.9 Å². The molecule has 1 atom stereocenters. The number of amides is 1. The van der Waals surface area contributed by atoms with Crippen molar-refractivity contribution in [3.8, 4) is 11.8 Å². The van der Waals surface area contributed by atoms with Crippen molar-refractivity contribution in [2.45, 2.75) is 26.7 Å². The first-order chi connectivity index (χ1) is 9.67. The van der Waals surface area contributed by atoms with Crippen LogP contribution in [0.5, 0.6) is 0 Å². The topological polar surface area (TPSA) is 46.3 Å². The summed E-state index contributed by atoms with van der Waals surface area (Å²) in [6.07, 6.45) is 2.26. The van der Waals surface area contributed by atoms with Gasteiger partial charge in [-0.05, 0) is 37.0 Å². The van der Waals surface area contributed by atoms with Gasteiger partial charge in [-0.2, -0.15) is 0 Å². The summed E-state index contributed by atoms with van der Waals surface area (Å²) in [6, 6.07) is 5.73. The fourth-order valence-electron chi connectivity index (χ4n) is 2.67. The molecule has 0 bridgehead atoms. The molecular weight excluding hydrogens is 248 g/mol. The molecule has 1 unspecified atom stereocenters. The summed E-state index contributed by atoms with van der Waals surface area (Å²) < 4.78 is 0. The van der Waals surface area contributed by atoms with E-state index in [2.05, 4.69) is 18.8 Å². The van der Waals surface area contributed by atoms with Crippen LogP contribution in [0.15, 0.2) is 18.2 Å². The Bertz CT molecular complexity index is 554. The second-order valence-electron chi connectivity index (χ2n) is 5.30. The highest BCUT2D eigenvalue weighted by molar-refractivity contribution is 5.96. The zero-order chi connectivity index (χ0) is 14.5. The van der Waals surface area contributed by atoms with E-state index < -0.39 is 0 Å². The first-order valence-corrected chi connectivity index (χ1v) is 7.25. The minimum Gasteiger partial charge on any atom is -0.338 e. The molecule has 1 saturated heterocycles. The monoisotopic (exact) mass is 270 g/mol. The summed E-state index contributed by atoms with van der Waals surface area (Å²) in [5.41, 5.74) is 8.03. The van der Waals surface area contributed by atoms with Crippen molar-refractivity contribution >= 4 is 5.91 Å². The summed E-state index contributed by atoms with van der Waals surface area (Å²) in [6.45, 7) is 6.24. The first kappa shape index (κ1) is 14.6. The molecule has 0 radical (unpaired) electrons. The number of rotatable bonds is 2. The SMILES string of the molecule is CCC1CCN(C(=O)c2cccc(C#CCN)c2C)C1. The van der Waals surface area contributed by atoms with E-state index in [9.17, 15) is 4.79 Å². The average Bonchev–Trinajstić information content (AvgIpc) is 2.94. The Hall–Kier alpha value is -1.79. The van der Waals surface area contributed by atoms with E-state index in [1.54, 1.807) is 0 Å². The van der Waals surface area contributed by atoms with E-state index in [1.807, 2.05) is 30.0 Å². The summed E-state index contributed by atoms with van der Waals surface area (Å²) in [4.78, 5) is 14.6. The van der Waals surface area contributed by atoms with Gasteiger partial charge < -0.3 is 10.6 Å². The number of hydrogen-bond donors (Lipinski definition) is 1. The largest absolute Gasteiger partial charge is 0.338 e. The molecule has 106 valence electrons. The van der Waals surface area contributed by atoms with E-state index in [1.165, 1.54) is 0 Å². The molecule has 0 saturated carbocycles. The molecule has 3 heteroatoms. The minimum atomic E-state index is 0.134. The Kier molecular flexibility index (Phi) is 4.81. The molecule has 2 rings (SSSR count). The molecule has 1 fully saturated rings. The predicted octanol–water partition coefficient (Wildman–Crippen LogP) is 2.18. The third-order valence-electron chi connectivity index (χ3n) is 4.04. The van der Waals surface area contributed by atoms with Crippen molar-refractivity contribution in [2.24, 2.45) is 11.7 Å². The second kappa shape index (κ2) is 6.58. The van der Waals surface area contributed by atoms with Gasteiger partial charge in [-0.25, -0.2) is 0 Å². The van der Waals surface area contributed by atoms with E-state index in [-0.39, 0.29) is 5.91 Å². The number of benzene rings is 1. The van der Waals surface area contributed by atoms with Crippen LogP contribution in [0.2, 0.25) is 0 Å². The highest BCUT2D eigenvalue weighted by Gasteiger charge is 2.26.